The molecule has 6 rings (SSSR count). The molecule has 0 bridgehead atoms. The molecular formula is C30H33N3O2. The van der Waals surface area contributed by atoms with Crippen LogP contribution in [0.5, 0.6) is 0 Å². The van der Waals surface area contributed by atoms with Crippen molar-refractivity contribution >= 4 is 22.7 Å². The van der Waals surface area contributed by atoms with Crippen LogP contribution in [0.1, 0.15) is 59.3 Å². The first-order chi connectivity index (χ1) is 16.9. The molecule has 0 spiro atoms. The lowest BCUT2D eigenvalue weighted by Gasteiger charge is -2.42. The van der Waals surface area contributed by atoms with Gasteiger partial charge in [0, 0.05) is 54.5 Å². The summed E-state index contributed by atoms with van der Waals surface area (Å²) in [6.45, 7) is 20.0. The number of carbonyl (C=O) groups is 1. The quantitative estimate of drug-likeness (QED) is 0.560. The Morgan fingerprint density at radius 1 is 1.03 bits per heavy atom. The van der Waals surface area contributed by atoms with Crippen molar-refractivity contribution in [3.8, 4) is 0 Å². The Kier molecular flexibility index (Phi) is 5.36. The lowest BCUT2D eigenvalue weighted by atomic mass is 9.68. The Morgan fingerprint density at radius 2 is 1.77 bits per heavy atom. The molecule has 2 aromatic carbocycles. The molecule has 0 N–H and O–H groups in total. The van der Waals surface area contributed by atoms with Gasteiger partial charge in [-0.2, -0.15) is 0 Å². The van der Waals surface area contributed by atoms with E-state index in [1.807, 2.05) is 18.2 Å². The zero-order valence-corrected chi connectivity index (χ0v) is 21.0. The van der Waals surface area contributed by atoms with E-state index in [1.54, 1.807) is 0 Å². The fraction of sp³-hybridized carbons (Fsp3) is 0.467. The van der Waals surface area contributed by atoms with Crippen LogP contribution in [-0.2, 0) is 16.6 Å². The van der Waals surface area contributed by atoms with Crippen LogP contribution in [0.3, 0.4) is 0 Å². The summed E-state index contributed by atoms with van der Waals surface area (Å²) in [6, 6.07) is 10.9. The van der Waals surface area contributed by atoms with E-state index in [-0.39, 0.29) is 11.2 Å². The van der Waals surface area contributed by atoms with Gasteiger partial charge >= 0.3 is 0 Å². The zero-order chi connectivity index (χ0) is 24.3. The summed E-state index contributed by atoms with van der Waals surface area (Å²) in [4.78, 5) is 22.6. The molecule has 2 heterocycles. The molecule has 2 aliphatic heterocycles. The first kappa shape index (κ1) is 22.5. The molecule has 0 unspecified atom stereocenters. The number of carbonyl (C=O) groups excluding carboxylic acids is 1. The molecule has 2 fully saturated rings. The average molecular weight is 468 g/mol. The lowest BCUT2D eigenvalue weighted by molar-refractivity contribution is 0.0115. The van der Waals surface area contributed by atoms with E-state index in [1.165, 1.54) is 29.7 Å². The van der Waals surface area contributed by atoms with Crippen LogP contribution in [0.4, 0.5) is 11.4 Å². The normalized spacial score (nSPS) is 22.0. The summed E-state index contributed by atoms with van der Waals surface area (Å²) in [5.41, 5.74) is 9.07. The first-order valence-electron chi connectivity index (χ1n) is 12.9. The number of piperidine rings is 1. The number of hydrogen-bond donors (Lipinski definition) is 0. The van der Waals surface area contributed by atoms with E-state index < -0.39 is 0 Å². The van der Waals surface area contributed by atoms with E-state index in [0.717, 1.165) is 73.6 Å². The molecule has 0 saturated carbocycles. The highest BCUT2D eigenvalue weighted by molar-refractivity contribution is 6.33. The molecule has 4 aliphatic rings. The Bertz CT molecular complexity index is 1290. The molecule has 35 heavy (non-hydrogen) atoms. The molecule has 0 amide bonds. The summed E-state index contributed by atoms with van der Waals surface area (Å²) in [6.07, 6.45) is 3.10. The van der Waals surface area contributed by atoms with E-state index in [2.05, 4.69) is 47.5 Å². The fourth-order valence-electron chi connectivity index (χ4n) is 6.73. The summed E-state index contributed by atoms with van der Waals surface area (Å²) in [7, 11) is 0. The van der Waals surface area contributed by atoms with Crippen LogP contribution in [-0.4, -0.2) is 56.1 Å². The maximum atomic E-state index is 13.8. The second kappa shape index (κ2) is 8.33. The predicted molar refractivity (Wildman–Crippen MR) is 139 cm³/mol. The van der Waals surface area contributed by atoms with E-state index in [0.29, 0.717) is 11.7 Å². The Morgan fingerprint density at radius 3 is 2.49 bits per heavy atom. The van der Waals surface area contributed by atoms with E-state index in [4.69, 9.17) is 11.3 Å². The van der Waals surface area contributed by atoms with E-state index in [9.17, 15) is 4.79 Å². The highest BCUT2D eigenvalue weighted by atomic mass is 16.5. The highest BCUT2D eigenvalue weighted by Gasteiger charge is 2.43. The summed E-state index contributed by atoms with van der Waals surface area (Å²) >= 11 is 0. The number of hydrogen-bond acceptors (Lipinski definition) is 4. The van der Waals surface area contributed by atoms with E-state index >= 15 is 0 Å². The number of ether oxygens (including phenoxy) is 1. The molecule has 2 aromatic rings. The van der Waals surface area contributed by atoms with Crippen molar-refractivity contribution in [1.29, 1.82) is 0 Å². The summed E-state index contributed by atoms with van der Waals surface area (Å²) in [5.74, 6) is 0.143. The maximum absolute atomic E-state index is 13.8. The number of fused-ring (bicyclic) bond motifs is 3. The number of morpholine rings is 1. The van der Waals surface area contributed by atoms with Crippen molar-refractivity contribution in [2.24, 2.45) is 0 Å². The lowest BCUT2D eigenvalue weighted by Crippen LogP contribution is -2.49. The molecule has 180 valence electrons. The number of benzene rings is 2. The summed E-state index contributed by atoms with van der Waals surface area (Å²) < 4.78 is 5.54. The second-order valence-electron chi connectivity index (χ2n) is 11.0. The second-order valence-corrected chi connectivity index (χ2v) is 11.0. The van der Waals surface area contributed by atoms with Gasteiger partial charge in [-0.3, -0.25) is 9.69 Å². The average Bonchev–Trinajstić information content (AvgIpc) is 3.28. The fourth-order valence-corrected chi connectivity index (χ4v) is 6.73. The van der Waals surface area contributed by atoms with Crippen molar-refractivity contribution in [3.05, 3.63) is 75.1 Å². The maximum Gasteiger partial charge on any atom is 0.193 e. The van der Waals surface area contributed by atoms with Crippen LogP contribution in [0, 0.1) is 13.5 Å². The molecular weight excluding hydrogens is 434 g/mol. The number of rotatable bonds is 2. The van der Waals surface area contributed by atoms with Crippen LogP contribution in [0.25, 0.3) is 10.4 Å². The molecule has 2 saturated heterocycles. The van der Waals surface area contributed by atoms with Gasteiger partial charge < -0.3 is 9.64 Å². The highest BCUT2D eigenvalue weighted by Crippen LogP contribution is 2.51. The largest absolute Gasteiger partial charge is 0.379 e. The van der Waals surface area contributed by atoms with Gasteiger partial charge in [-0.15, -0.1) is 0 Å². The third kappa shape index (κ3) is 3.54. The van der Waals surface area contributed by atoms with Crippen molar-refractivity contribution in [2.45, 2.75) is 51.5 Å². The Balaban J connectivity index is 1.31. The Labute approximate surface area is 208 Å². The Hall–Kier alpha value is -2.94. The van der Waals surface area contributed by atoms with Gasteiger partial charge in [0.05, 0.1) is 19.8 Å². The van der Waals surface area contributed by atoms with Gasteiger partial charge in [0.15, 0.2) is 11.5 Å². The minimum absolute atomic E-state index is 0.143. The molecule has 0 atom stereocenters. The van der Waals surface area contributed by atoms with Crippen LogP contribution in [0.2, 0.25) is 0 Å². The molecule has 0 radical (unpaired) electrons. The van der Waals surface area contributed by atoms with Gasteiger partial charge in [-0.25, -0.2) is 4.85 Å². The number of aryl methyl sites for hydroxylation is 1. The SMILES string of the molecule is [C-]#[N+]c1ccc2c(c1)CC1=C2C(=O)c2cc(C)c(N3CCC(N4CCOCC4)CC3)cc2C1(C)C. The molecule has 0 aromatic heterocycles. The van der Waals surface area contributed by atoms with Gasteiger partial charge in [-0.1, -0.05) is 32.0 Å². The smallest absolute Gasteiger partial charge is 0.193 e. The van der Waals surface area contributed by atoms with Crippen LogP contribution in [0.15, 0.2) is 35.9 Å². The third-order valence-corrected chi connectivity index (χ3v) is 8.76. The van der Waals surface area contributed by atoms with Crippen LogP contribution < -0.4 is 4.90 Å². The van der Waals surface area contributed by atoms with Crippen molar-refractivity contribution in [3.63, 3.8) is 0 Å². The van der Waals surface area contributed by atoms with Gasteiger partial charge in [0.25, 0.3) is 0 Å². The zero-order valence-electron chi connectivity index (χ0n) is 21.0. The molecule has 5 nitrogen and oxygen atoms in total. The van der Waals surface area contributed by atoms with Crippen molar-refractivity contribution in [1.82, 2.24) is 4.90 Å². The first-order valence-corrected chi connectivity index (χ1v) is 12.9. The number of allylic oxidation sites excluding steroid dienone is 2. The molecule has 5 heteroatoms. The van der Waals surface area contributed by atoms with Gasteiger partial charge in [0.1, 0.15) is 0 Å². The number of Topliss-reactive ketones (excluding diaryl/α,β-unsaturated/α-hetero) is 1. The van der Waals surface area contributed by atoms with Crippen molar-refractivity contribution in [2.75, 3.05) is 44.3 Å². The third-order valence-electron chi connectivity index (χ3n) is 8.76. The van der Waals surface area contributed by atoms with Crippen LogP contribution >= 0.6 is 0 Å². The minimum Gasteiger partial charge on any atom is -0.379 e. The topological polar surface area (TPSA) is 37.1 Å². The van der Waals surface area contributed by atoms with Crippen molar-refractivity contribution < 1.29 is 9.53 Å². The standard InChI is InChI=1S/C30H33N3O2/c1-19-15-24-25(18-27(19)33-9-7-22(8-10-33)32-11-13-35-14-12-32)30(2,3)26-17-20-16-21(31-4)5-6-23(20)28(26)29(24)34/h5-6,15-16,18,22H,7-14,17H2,1-3H3. The number of anilines is 1. The number of nitrogens with zero attached hydrogens (tertiary/aromatic N) is 3. The predicted octanol–water partition coefficient (Wildman–Crippen LogP) is 5.33. The molecule has 2 aliphatic carbocycles. The minimum atomic E-state index is -0.232. The monoisotopic (exact) mass is 467 g/mol. The summed E-state index contributed by atoms with van der Waals surface area (Å²) in [5, 5.41) is 0. The van der Waals surface area contributed by atoms with Gasteiger partial charge in [0.2, 0.25) is 0 Å². The number of ketones is 1. The van der Waals surface area contributed by atoms with Gasteiger partial charge in [-0.05, 0) is 66.1 Å².